The quantitative estimate of drug-likeness (QED) is 0.104. The number of carboxylic acids is 4. The molecule has 2 saturated carbocycles. The summed E-state index contributed by atoms with van der Waals surface area (Å²) in [5, 5.41) is 37.2. The molecule has 0 amide bonds. The summed E-state index contributed by atoms with van der Waals surface area (Å²) in [6.07, 6.45) is -17.3. The van der Waals surface area contributed by atoms with Gasteiger partial charge in [0.15, 0.2) is 0 Å². The predicted molar refractivity (Wildman–Crippen MR) is 140 cm³/mol. The average Bonchev–Trinajstić information content (AvgIpc) is 3.31. The molecule has 0 aliphatic heterocycles. The van der Waals surface area contributed by atoms with Gasteiger partial charge in [-0.25, -0.2) is 0 Å². The number of hydrogen-bond donors (Lipinski definition) is 4. The average molecular weight is 910 g/mol. The number of alkyl halides is 14. The third-order valence-electron chi connectivity index (χ3n) is 11.4. The van der Waals surface area contributed by atoms with Crippen LogP contribution < -0.4 is 0 Å². The second-order valence-corrected chi connectivity index (χ2v) is 13.9. The van der Waals surface area contributed by atoms with E-state index in [1.165, 1.54) is 0 Å². The fraction of sp³-hybridized carbons (Fsp3) is 0.786. The minimum Gasteiger partial charge on any atom is -0.481 e. The molecule has 0 bridgehead atoms. The van der Waals surface area contributed by atoms with Gasteiger partial charge < -0.3 is 20.4 Å². The molecule has 0 aromatic rings. The topological polar surface area (TPSA) is 183 Å². The Morgan fingerprint density at radius 1 is 0.407 bits per heavy atom. The summed E-state index contributed by atoms with van der Waals surface area (Å²) in [6.45, 7) is 4.88. The van der Waals surface area contributed by atoms with Gasteiger partial charge in [-0.3, -0.25) is 28.8 Å². The fourth-order valence-electron chi connectivity index (χ4n) is 6.73. The first-order valence-corrected chi connectivity index (χ1v) is 14.2. The van der Waals surface area contributed by atoms with Crippen LogP contribution in [0.4, 0.5) is 61.5 Å². The molecule has 4 N–H and O–H groups in total. The number of ketones is 2. The normalized spacial score (nSPS) is 28.4. The summed E-state index contributed by atoms with van der Waals surface area (Å²) in [5.41, 5.74) is -16.0. The number of carbonyl (C=O) groups is 6. The Morgan fingerprint density at radius 3 is 0.741 bits per heavy atom. The summed E-state index contributed by atoms with van der Waals surface area (Å²) in [5.74, 6) is -41.0. The maximum absolute atomic E-state index is 13.9. The summed E-state index contributed by atoms with van der Waals surface area (Å²) < 4.78 is 183. The largest absolute Gasteiger partial charge is 0.481 e. The Balaban J connectivity index is 0. The molecular formula is C28H30F14Ni2O10. The van der Waals surface area contributed by atoms with Crippen molar-refractivity contribution in [3.63, 3.8) is 0 Å². The molecular weight excluding hydrogens is 880 g/mol. The van der Waals surface area contributed by atoms with Crippen LogP contribution in [-0.4, -0.2) is 91.9 Å². The van der Waals surface area contributed by atoms with Crippen molar-refractivity contribution in [3.8, 4) is 0 Å². The molecule has 2 aliphatic carbocycles. The van der Waals surface area contributed by atoms with E-state index in [0.29, 0.717) is 0 Å². The van der Waals surface area contributed by atoms with E-state index >= 15 is 0 Å². The molecule has 54 heavy (non-hydrogen) atoms. The van der Waals surface area contributed by atoms with E-state index in [9.17, 15) is 111 Å². The maximum Gasteiger partial charge on any atom is 0.460 e. The predicted octanol–water partition coefficient (Wildman–Crippen LogP) is 6.74. The monoisotopic (exact) mass is 908 g/mol. The van der Waals surface area contributed by atoms with Crippen LogP contribution in [0.25, 0.3) is 0 Å². The van der Waals surface area contributed by atoms with E-state index in [1.54, 1.807) is 0 Å². The molecule has 0 aromatic carbocycles. The van der Waals surface area contributed by atoms with E-state index in [-0.39, 0.29) is 33.0 Å². The molecule has 0 heterocycles. The summed E-state index contributed by atoms with van der Waals surface area (Å²) in [7, 11) is 0. The third kappa shape index (κ3) is 6.65. The molecule has 2 fully saturated rings. The molecule has 4 unspecified atom stereocenters. The molecule has 0 radical (unpaired) electrons. The summed E-state index contributed by atoms with van der Waals surface area (Å²) in [4.78, 5) is 70.5. The Bertz CT molecular complexity index is 1430. The van der Waals surface area contributed by atoms with Gasteiger partial charge in [0.05, 0.1) is 10.8 Å². The molecule has 2 rings (SSSR count). The van der Waals surface area contributed by atoms with E-state index in [1.807, 2.05) is 0 Å². The molecule has 10 nitrogen and oxygen atoms in total. The second-order valence-electron chi connectivity index (χ2n) is 13.9. The van der Waals surface area contributed by atoms with Gasteiger partial charge >= 0.3 is 59.9 Å². The van der Waals surface area contributed by atoms with Crippen LogP contribution in [0.15, 0.2) is 0 Å². The molecule has 0 spiro atoms. The van der Waals surface area contributed by atoms with Crippen LogP contribution in [0.1, 0.15) is 67.2 Å². The van der Waals surface area contributed by atoms with Crippen molar-refractivity contribution in [1.29, 1.82) is 0 Å². The number of Topliss-reactive ketones (excluding diaryl/α,β-unsaturated/α-hetero) is 2. The minimum absolute atomic E-state index is 0. The van der Waals surface area contributed by atoms with Crippen molar-refractivity contribution in [2.45, 2.75) is 103 Å². The first kappa shape index (κ1) is 53.3. The number of hydrogen-bond acceptors (Lipinski definition) is 6. The first-order valence-electron chi connectivity index (χ1n) is 14.2. The molecule has 0 aromatic heterocycles. The van der Waals surface area contributed by atoms with Crippen molar-refractivity contribution >= 4 is 35.4 Å². The molecule has 2 aliphatic rings. The zero-order chi connectivity index (χ0) is 42.3. The standard InChI is InChI=1S/2C14H15F7O5.2Ni/c2*1-9(2)10(3,7(23)24)4-5-11(9,8(25)26)6(22)12(15,16)13(17,18)14(19,20)21;;/h2*4-5H2,1-3H3,(H,23,24)(H,25,26);;. The SMILES string of the molecule is CC1(C(=O)O)CCC(C(=O)O)(C(=O)C(F)(F)C(F)(F)C(F)(F)F)C1(C)C.CC1(C(=O)O)CCC(C(=O)O)(C(=O)C(F)(F)C(F)(F)C(F)(F)F)C1(C)C.[Ni].[Ni]. The van der Waals surface area contributed by atoms with E-state index in [4.69, 9.17) is 0 Å². The van der Waals surface area contributed by atoms with E-state index < -0.39 is 130 Å². The van der Waals surface area contributed by atoms with Gasteiger partial charge in [-0.15, -0.1) is 0 Å². The number of carbonyl (C=O) groups excluding carboxylic acids is 2. The second kappa shape index (κ2) is 14.6. The van der Waals surface area contributed by atoms with Crippen molar-refractivity contribution < 1.29 is 144 Å². The van der Waals surface area contributed by atoms with Gasteiger partial charge in [-0.2, -0.15) is 61.5 Å². The van der Waals surface area contributed by atoms with Gasteiger partial charge in [0.1, 0.15) is 10.8 Å². The molecule has 26 heteroatoms. The van der Waals surface area contributed by atoms with Crippen LogP contribution >= 0.6 is 0 Å². The van der Waals surface area contributed by atoms with Gasteiger partial charge in [0.2, 0.25) is 11.6 Å². The van der Waals surface area contributed by atoms with Gasteiger partial charge in [0, 0.05) is 43.8 Å². The number of rotatable bonds is 10. The Hall–Kier alpha value is -2.77. The molecule has 320 valence electrons. The third-order valence-corrected chi connectivity index (χ3v) is 11.4. The number of carboxylic acid groups (broad SMARTS) is 4. The number of aliphatic carboxylic acids is 4. The smallest absolute Gasteiger partial charge is 0.460 e. The van der Waals surface area contributed by atoms with Crippen LogP contribution in [0.2, 0.25) is 0 Å². The minimum atomic E-state index is -6.84. The van der Waals surface area contributed by atoms with Gasteiger partial charge in [-0.05, 0) is 39.5 Å². The van der Waals surface area contributed by atoms with E-state index in [2.05, 4.69) is 0 Å². The summed E-state index contributed by atoms with van der Waals surface area (Å²) in [6, 6.07) is 0. The fourth-order valence-corrected chi connectivity index (χ4v) is 6.73. The zero-order valence-electron chi connectivity index (χ0n) is 28.0. The van der Waals surface area contributed by atoms with Crippen molar-refractivity contribution in [2.24, 2.45) is 32.5 Å². The maximum atomic E-state index is 13.9. The van der Waals surface area contributed by atoms with Crippen LogP contribution in [0, 0.1) is 32.5 Å². The van der Waals surface area contributed by atoms with Crippen molar-refractivity contribution in [2.75, 3.05) is 0 Å². The number of halogens is 14. The van der Waals surface area contributed by atoms with Crippen molar-refractivity contribution in [3.05, 3.63) is 0 Å². The van der Waals surface area contributed by atoms with Gasteiger partial charge in [0.25, 0.3) is 0 Å². The zero-order valence-corrected chi connectivity index (χ0v) is 30.0. The summed E-state index contributed by atoms with van der Waals surface area (Å²) >= 11 is 0. The van der Waals surface area contributed by atoms with Crippen LogP contribution in [0.5, 0.6) is 0 Å². The molecule has 4 atom stereocenters. The van der Waals surface area contributed by atoms with Crippen LogP contribution in [-0.2, 0) is 61.8 Å². The van der Waals surface area contributed by atoms with Crippen LogP contribution in [0.3, 0.4) is 0 Å². The van der Waals surface area contributed by atoms with Gasteiger partial charge in [-0.1, -0.05) is 27.7 Å². The Morgan fingerprint density at radius 2 is 0.611 bits per heavy atom. The Labute approximate surface area is 314 Å². The molecule has 0 saturated heterocycles. The first-order chi connectivity index (χ1) is 22.5. The van der Waals surface area contributed by atoms with E-state index in [0.717, 1.165) is 41.5 Å². The van der Waals surface area contributed by atoms with Crippen molar-refractivity contribution in [1.82, 2.24) is 0 Å². The Kier molecular flexibility index (Phi) is 14.4.